The molecule has 4 rings (SSSR count). The van der Waals surface area contributed by atoms with Gasteiger partial charge in [-0.25, -0.2) is 0 Å². The monoisotopic (exact) mass is 282 g/mol. The molecule has 2 atom stereocenters. The van der Waals surface area contributed by atoms with Crippen LogP contribution in [0.25, 0.3) is 5.57 Å². The van der Waals surface area contributed by atoms with Crippen molar-refractivity contribution >= 4 is 11.4 Å². The van der Waals surface area contributed by atoms with E-state index in [9.17, 15) is 4.79 Å². The van der Waals surface area contributed by atoms with Gasteiger partial charge in [0.05, 0.1) is 7.11 Å². The van der Waals surface area contributed by atoms with Gasteiger partial charge in [0.25, 0.3) is 0 Å². The van der Waals surface area contributed by atoms with Crippen LogP contribution >= 0.6 is 0 Å². The number of ketones is 1. The van der Waals surface area contributed by atoms with Crippen LogP contribution in [0.15, 0.2) is 23.8 Å². The van der Waals surface area contributed by atoms with Gasteiger partial charge in [-0.2, -0.15) is 0 Å². The second-order valence-corrected chi connectivity index (χ2v) is 6.96. The maximum absolute atomic E-state index is 12.3. The lowest BCUT2D eigenvalue weighted by Crippen LogP contribution is -2.34. The number of carbonyl (C=O) groups excluding carboxylic acids is 1. The lowest BCUT2D eigenvalue weighted by Gasteiger charge is -2.40. The van der Waals surface area contributed by atoms with Crippen LogP contribution in [0.5, 0.6) is 5.75 Å². The smallest absolute Gasteiger partial charge is 0.139 e. The summed E-state index contributed by atoms with van der Waals surface area (Å²) in [5.74, 6) is 1.96. The molecule has 2 nitrogen and oxygen atoms in total. The molecule has 0 spiro atoms. The molecule has 21 heavy (non-hydrogen) atoms. The molecule has 1 aromatic carbocycles. The Labute approximate surface area is 126 Å². The van der Waals surface area contributed by atoms with E-state index in [1.54, 1.807) is 12.7 Å². The van der Waals surface area contributed by atoms with Gasteiger partial charge >= 0.3 is 0 Å². The van der Waals surface area contributed by atoms with Gasteiger partial charge in [-0.15, -0.1) is 0 Å². The van der Waals surface area contributed by atoms with Crippen LogP contribution in [-0.2, 0) is 11.2 Å². The van der Waals surface area contributed by atoms with Crippen molar-refractivity contribution in [3.63, 3.8) is 0 Å². The van der Waals surface area contributed by atoms with Crippen molar-refractivity contribution in [2.75, 3.05) is 7.11 Å². The van der Waals surface area contributed by atoms with Crippen molar-refractivity contribution in [3.8, 4) is 5.75 Å². The fourth-order valence-electron chi connectivity index (χ4n) is 4.80. The highest BCUT2D eigenvalue weighted by Gasteiger charge is 2.50. The van der Waals surface area contributed by atoms with E-state index in [2.05, 4.69) is 25.1 Å². The number of fused-ring (bicyclic) bond motifs is 4. The number of allylic oxidation sites excluding steroid dienone is 2. The molecule has 0 heterocycles. The summed E-state index contributed by atoms with van der Waals surface area (Å²) in [7, 11) is 1.73. The molecule has 0 amide bonds. The van der Waals surface area contributed by atoms with Crippen molar-refractivity contribution in [1.29, 1.82) is 0 Å². The largest absolute Gasteiger partial charge is 0.497 e. The van der Waals surface area contributed by atoms with Gasteiger partial charge < -0.3 is 4.74 Å². The molecular weight excluding hydrogens is 260 g/mol. The van der Waals surface area contributed by atoms with Gasteiger partial charge in [0.2, 0.25) is 0 Å². The summed E-state index contributed by atoms with van der Waals surface area (Å²) in [6.45, 7) is 2.21. The first kappa shape index (κ1) is 13.1. The van der Waals surface area contributed by atoms with Gasteiger partial charge in [-0.05, 0) is 66.9 Å². The molecule has 2 unspecified atom stereocenters. The number of ether oxygens (including phenoxy) is 1. The molecule has 110 valence electrons. The van der Waals surface area contributed by atoms with E-state index < -0.39 is 0 Å². The first-order valence-electron chi connectivity index (χ1n) is 8.06. The summed E-state index contributed by atoms with van der Waals surface area (Å²) in [6.07, 6.45) is 6.16. The number of aryl methyl sites for hydroxylation is 1. The quantitative estimate of drug-likeness (QED) is 0.772. The zero-order valence-corrected chi connectivity index (χ0v) is 12.9. The van der Waals surface area contributed by atoms with Crippen molar-refractivity contribution in [2.24, 2.45) is 11.3 Å². The lowest BCUT2D eigenvalue weighted by molar-refractivity contribution is -0.126. The normalized spacial score (nSPS) is 30.8. The molecule has 0 saturated heterocycles. The van der Waals surface area contributed by atoms with Crippen molar-refractivity contribution in [2.45, 2.75) is 45.4 Å². The highest BCUT2D eigenvalue weighted by molar-refractivity contribution is 5.90. The van der Waals surface area contributed by atoms with E-state index in [1.807, 2.05) is 0 Å². The lowest BCUT2D eigenvalue weighted by atomic mass is 9.63. The molecule has 0 bridgehead atoms. The Morgan fingerprint density at radius 3 is 2.86 bits per heavy atom. The summed E-state index contributed by atoms with van der Waals surface area (Å²) in [5.41, 5.74) is 5.89. The molecule has 1 saturated carbocycles. The maximum Gasteiger partial charge on any atom is 0.139 e. The van der Waals surface area contributed by atoms with Gasteiger partial charge in [-0.1, -0.05) is 18.6 Å². The van der Waals surface area contributed by atoms with Gasteiger partial charge in [0, 0.05) is 11.8 Å². The fourth-order valence-corrected chi connectivity index (χ4v) is 4.80. The molecule has 0 radical (unpaired) electrons. The van der Waals surface area contributed by atoms with Crippen LogP contribution in [0.1, 0.15) is 50.2 Å². The predicted octanol–water partition coefficient (Wildman–Crippen LogP) is 4.17. The first-order chi connectivity index (χ1) is 10.1. The van der Waals surface area contributed by atoms with E-state index in [0.717, 1.165) is 44.3 Å². The van der Waals surface area contributed by atoms with Gasteiger partial charge in [-0.3, -0.25) is 4.79 Å². The molecule has 1 fully saturated rings. The summed E-state index contributed by atoms with van der Waals surface area (Å²) < 4.78 is 5.36. The minimum atomic E-state index is -0.0667. The number of methoxy groups -OCH3 is 1. The summed E-state index contributed by atoms with van der Waals surface area (Å²) in [4.78, 5) is 12.3. The Bertz CT molecular complexity index is 656. The number of hydrogen-bond donors (Lipinski definition) is 0. The third kappa shape index (κ3) is 1.74. The molecule has 0 N–H and O–H groups in total. The number of benzene rings is 1. The van der Waals surface area contributed by atoms with E-state index in [4.69, 9.17) is 4.74 Å². The van der Waals surface area contributed by atoms with Crippen molar-refractivity contribution in [1.82, 2.24) is 0 Å². The van der Waals surface area contributed by atoms with Crippen LogP contribution in [0, 0.1) is 11.3 Å². The van der Waals surface area contributed by atoms with Gasteiger partial charge in [0.1, 0.15) is 11.5 Å². The summed E-state index contributed by atoms with van der Waals surface area (Å²) in [6, 6.07) is 6.48. The van der Waals surface area contributed by atoms with E-state index >= 15 is 0 Å². The first-order valence-corrected chi connectivity index (χ1v) is 8.06. The highest BCUT2D eigenvalue weighted by Crippen LogP contribution is 2.56. The van der Waals surface area contributed by atoms with Crippen LogP contribution in [0.2, 0.25) is 0 Å². The minimum Gasteiger partial charge on any atom is -0.497 e. The fraction of sp³-hybridized carbons (Fsp3) is 0.526. The Balaban J connectivity index is 1.81. The van der Waals surface area contributed by atoms with Crippen LogP contribution in [0.4, 0.5) is 0 Å². The second kappa shape index (κ2) is 4.46. The Morgan fingerprint density at radius 2 is 2.05 bits per heavy atom. The SMILES string of the molecule is COc1ccc2c(c1)CCC1=C2CCC2(C)C(=O)CCC12. The zero-order chi connectivity index (χ0) is 14.6. The van der Waals surface area contributed by atoms with Crippen LogP contribution in [0.3, 0.4) is 0 Å². The Morgan fingerprint density at radius 1 is 1.19 bits per heavy atom. The summed E-state index contributed by atoms with van der Waals surface area (Å²) >= 11 is 0. The van der Waals surface area contributed by atoms with E-state index in [1.165, 1.54) is 16.7 Å². The topological polar surface area (TPSA) is 26.3 Å². The number of carbonyl (C=O) groups is 1. The molecule has 3 aliphatic carbocycles. The van der Waals surface area contributed by atoms with Crippen LogP contribution in [-0.4, -0.2) is 12.9 Å². The van der Waals surface area contributed by atoms with Crippen molar-refractivity contribution < 1.29 is 9.53 Å². The van der Waals surface area contributed by atoms with Crippen molar-refractivity contribution in [3.05, 3.63) is 34.9 Å². The Kier molecular flexibility index (Phi) is 2.79. The third-order valence-electron chi connectivity index (χ3n) is 6.07. The number of Topliss-reactive ketones (excluding diaryl/α,β-unsaturated/α-hetero) is 1. The third-order valence-corrected chi connectivity index (χ3v) is 6.07. The van der Waals surface area contributed by atoms with Crippen LogP contribution < -0.4 is 4.74 Å². The summed E-state index contributed by atoms with van der Waals surface area (Å²) in [5, 5.41) is 0. The van der Waals surface area contributed by atoms with E-state index in [-0.39, 0.29) is 5.41 Å². The van der Waals surface area contributed by atoms with E-state index in [0.29, 0.717) is 11.7 Å². The number of rotatable bonds is 1. The maximum atomic E-state index is 12.3. The highest BCUT2D eigenvalue weighted by atomic mass is 16.5. The number of hydrogen-bond acceptors (Lipinski definition) is 2. The zero-order valence-electron chi connectivity index (χ0n) is 12.9. The molecule has 3 aliphatic rings. The molecule has 1 aromatic rings. The average Bonchev–Trinajstić information content (AvgIpc) is 2.82. The second-order valence-electron chi connectivity index (χ2n) is 6.96. The predicted molar refractivity (Wildman–Crippen MR) is 83.3 cm³/mol. The Hall–Kier alpha value is -1.57. The average molecular weight is 282 g/mol. The van der Waals surface area contributed by atoms with Gasteiger partial charge in [0.15, 0.2) is 0 Å². The molecule has 2 heteroatoms. The molecular formula is C19H22O2. The molecule has 0 aliphatic heterocycles. The minimum absolute atomic E-state index is 0.0667. The molecule has 0 aromatic heterocycles. The standard InChI is InChI=1S/C19H22O2/c1-19-10-9-15-14-6-4-13(21-2)11-12(14)3-5-16(15)17(19)7-8-18(19)20/h4,6,11,17H,3,5,7-10H2,1-2H3.